The summed E-state index contributed by atoms with van der Waals surface area (Å²) in [7, 11) is 1.24. The van der Waals surface area contributed by atoms with Crippen LogP contribution in [0.2, 0.25) is 0 Å². The van der Waals surface area contributed by atoms with Crippen LogP contribution in [-0.4, -0.2) is 54.7 Å². The first-order valence-electron chi connectivity index (χ1n) is 13.0. The number of nitrogens with one attached hydrogen (secondary N) is 1. The van der Waals surface area contributed by atoms with Gasteiger partial charge in [0.05, 0.1) is 26.5 Å². The smallest absolute Gasteiger partial charge is 0.336 e. The number of fused-ring (bicyclic) bond motifs is 2. The fourth-order valence-electron chi connectivity index (χ4n) is 5.34. The number of aliphatic hydroxyl groups excluding tert-OH is 1. The Morgan fingerprint density at radius 3 is 2.03 bits per heavy atom. The highest BCUT2D eigenvalue weighted by Crippen LogP contribution is 2.38. The molecule has 1 atom stereocenters. The third-order valence-corrected chi connectivity index (χ3v) is 7.78. The van der Waals surface area contributed by atoms with Crippen LogP contribution in [0.3, 0.4) is 0 Å². The highest BCUT2D eigenvalue weighted by atomic mass is 16.5. The molecule has 2 aliphatic heterocycles. The fraction of sp³-hybridized carbons (Fsp3) is 0.464. The molecule has 9 heteroatoms. The van der Waals surface area contributed by atoms with Gasteiger partial charge in [0.2, 0.25) is 11.8 Å². The lowest BCUT2D eigenvalue weighted by Gasteiger charge is -2.35. The van der Waals surface area contributed by atoms with E-state index in [1.807, 2.05) is 46.2 Å². The number of esters is 1. The minimum absolute atomic E-state index is 0.0751. The molecule has 0 aromatic heterocycles. The molecule has 2 heterocycles. The number of hydrogen-bond donors (Lipinski definition) is 3. The van der Waals surface area contributed by atoms with Gasteiger partial charge in [-0.25, -0.2) is 4.79 Å². The van der Waals surface area contributed by atoms with Crippen molar-refractivity contribution < 1.29 is 24.2 Å². The van der Waals surface area contributed by atoms with E-state index in [0.29, 0.717) is 24.9 Å². The normalized spacial score (nSPS) is 19.3. The minimum atomic E-state index is -1.20. The molecular formula is C28H34N4O5. The predicted octanol–water partition coefficient (Wildman–Crippen LogP) is 2.78. The number of aliphatic hydroxyl groups is 1. The van der Waals surface area contributed by atoms with Crippen LogP contribution < -0.4 is 20.9 Å². The van der Waals surface area contributed by atoms with E-state index in [9.17, 15) is 19.5 Å². The summed E-state index contributed by atoms with van der Waals surface area (Å²) in [6.07, 6.45) is 6.63. The van der Waals surface area contributed by atoms with Crippen LogP contribution in [-0.2, 0) is 32.0 Å². The van der Waals surface area contributed by atoms with Crippen molar-refractivity contribution in [1.82, 2.24) is 0 Å². The number of nitrogens with zero attached hydrogens (tertiary/aromatic N) is 2. The Balaban J connectivity index is 0.000000162. The van der Waals surface area contributed by atoms with Gasteiger partial charge >= 0.3 is 5.97 Å². The van der Waals surface area contributed by atoms with Crippen LogP contribution in [0, 0.1) is 0 Å². The zero-order valence-electron chi connectivity index (χ0n) is 21.1. The summed E-state index contributed by atoms with van der Waals surface area (Å²) in [4.78, 5) is 39.1. The number of benzene rings is 2. The van der Waals surface area contributed by atoms with E-state index in [1.54, 1.807) is 0 Å². The second-order valence-corrected chi connectivity index (χ2v) is 10.2. The van der Waals surface area contributed by atoms with Crippen molar-refractivity contribution in [2.75, 3.05) is 34.5 Å². The topological polar surface area (TPSA) is 125 Å². The molecule has 0 bridgehead atoms. The van der Waals surface area contributed by atoms with Gasteiger partial charge in [0.25, 0.3) is 0 Å². The Morgan fingerprint density at radius 1 is 0.973 bits per heavy atom. The summed E-state index contributed by atoms with van der Waals surface area (Å²) in [5.41, 5.74) is 11.4. The fourth-order valence-corrected chi connectivity index (χ4v) is 5.34. The lowest BCUT2D eigenvalue weighted by molar-refractivity contribution is -0.149. The molecule has 196 valence electrons. The second-order valence-electron chi connectivity index (χ2n) is 10.2. The third kappa shape index (κ3) is 5.00. The summed E-state index contributed by atoms with van der Waals surface area (Å²) < 4.78 is 4.47. The number of anilines is 4. The number of nitrogens with two attached hydrogens (primary N) is 1. The molecule has 0 saturated heterocycles. The first-order chi connectivity index (χ1) is 17.9. The Labute approximate surface area is 216 Å². The van der Waals surface area contributed by atoms with E-state index in [4.69, 9.17) is 5.73 Å². The van der Waals surface area contributed by atoms with Crippen LogP contribution in [0.1, 0.15) is 49.7 Å². The Kier molecular flexibility index (Phi) is 7.06. The van der Waals surface area contributed by atoms with Gasteiger partial charge in [-0.2, -0.15) is 0 Å². The second kappa shape index (κ2) is 10.4. The third-order valence-electron chi connectivity index (χ3n) is 7.78. The van der Waals surface area contributed by atoms with Gasteiger partial charge in [0.15, 0.2) is 6.10 Å². The summed E-state index contributed by atoms with van der Waals surface area (Å²) in [6, 6.07) is 12.3. The Morgan fingerprint density at radius 2 is 1.51 bits per heavy atom. The van der Waals surface area contributed by atoms with Crippen molar-refractivity contribution >= 4 is 40.5 Å². The highest BCUT2D eigenvalue weighted by Gasteiger charge is 2.36. The van der Waals surface area contributed by atoms with Gasteiger partial charge < -0.3 is 30.7 Å². The van der Waals surface area contributed by atoms with Crippen LogP contribution in [0.4, 0.5) is 22.7 Å². The molecule has 0 unspecified atom stereocenters. The number of methoxy groups -OCH3 is 1. The van der Waals surface area contributed by atoms with Crippen molar-refractivity contribution in [2.24, 2.45) is 0 Å². The molecular weight excluding hydrogens is 472 g/mol. The Bertz CT molecular complexity index is 1210. The average molecular weight is 507 g/mol. The number of carbonyl (C=O) groups is 3. The van der Waals surface area contributed by atoms with Gasteiger partial charge in [-0.1, -0.05) is 0 Å². The SMILES string of the molecule is COC(=O)[C@H](O)CNc1ccc2c(c1)CC(=O)N2C1CCC1.Nc1ccc2c(c1)CC(=O)N2C1CCC1. The maximum absolute atomic E-state index is 12.2. The molecule has 2 saturated carbocycles. The van der Waals surface area contributed by atoms with E-state index in [0.717, 1.165) is 59.6 Å². The standard InChI is InChI=1S/C16H20N2O4.C12H14N2O/c1-22-16(21)14(19)9-17-11-5-6-13-10(7-11)8-15(20)18(13)12-3-2-4-12;13-9-4-5-11-8(6-9)7-12(15)14(11)10-2-1-3-10/h5-7,12,14,17,19H,2-4,8-9H2,1H3;4-6,10H,1-3,7,13H2/t14-;/m1./s1. The van der Waals surface area contributed by atoms with Gasteiger partial charge in [-0.05, 0) is 86.1 Å². The largest absolute Gasteiger partial charge is 0.467 e. The minimum Gasteiger partial charge on any atom is -0.467 e. The first kappa shape index (κ1) is 25.1. The zero-order chi connectivity index (χ0) is 26.1. The molecule has 0 radical (unpaired) electrons. The number of ether oxygens (including phenoxy) is 1. The molecule has 9 nitrogen and oxygen atoms in total. The van der Waals surface area contributed by atoms with Gasteiger partial charge in [0.1, 0.15) is 0 Å². The zero-order valence-corrected chi connectivity index (χ0v) is 21.1. The van der Waals surface area contributed by atoms with Crippen LogP contribution in [0.5, 0.6) is 0 Å². The van der Waals surface area contributed by atoms with Gasteiger partial charge in [-0.15, -0.1) is 0 Å². The molecule has 2 aromatic rings. The molecule has 2 aliphatic carbocycles. The van der Waals surface area contributed by atoms with Crippen molar-refractivity contribution in [3.63, 3.8) is 0 Å². The number of hydrogen-bond acceptors (Lipinski definition) is 7. The van der Waals surface area contributed by atoms with Crippen molar-refractivity contribution in [3.05, 3.63) is 47.5 Å². The number of rotatable bonds is 6. The monoisotopic (exact) mass is 506 g/mol. The van der Waals surface area contributed by atoms with E-state index >= 15 is 0 Å². The van der Waals surface area contributed by atoms with E-state index in [2.05, 4.69) is 10.1 Å². The summed E-state index contributed by atoms with van der Waals surface area (Å²) in [5, 5.41) is 12.6. The van der Waals surface area contributed by atoms with Crippen molar-refractivity contribution in [1.29, 1.82) is 0 Å². The molecule has 6 rings (SSSR count). The number of nitrogen functional groups attached to an aromatic ring is 1. The highest BCUT2D eigenvalue weighted by molar-refractivity contribution is 6.03. The summed E-state index contributed by atoms with van der Waals surface area (Å²) in [6.45, 7) is 0.0751. The van der Waals surface area contributed by atoms with E-state index < -0.39 is 12.1 Å². The average Bonchev–Trinajstić information content (AvgIpc) is 3.30. The van der Waals surface area contributed by atoms with Crippen LogP contribution in [0.25, 0.3) is 0 Å². The van der Waals surface area contributed by atoms with Crippen molar-refractivity contribution in [2.45, 2.75) is 69.6 Å². The molecule has 4 N–H and O–H groups in total. The first-order valence-corrected chi connectivity index (χ1v) is 13.0. The predicted molar refractivity (Wildman–Crippen MR) is 141 cm³/mol. The molecule has 37 heavy (non-hydrogen) atoms. The number of carbonyl (C=O) groups excluding carboxylic acids is 3. The maximum Gasteiger partial charge on any atom is 0.336 e. The number of amides is 2. The molecule has 2 aromatic carbocycles. The van der Waals surface area contributed by atoms with Gasteiger partial charge in [-0.3, -0.25) is 9.59 Å². The van der Waals surface area contributed by atoms with E-state index in [1.165, 1.54) is 20.0 Å². The van der Waals surface area contributed by atoms with Crippen LogP contribution >= 0.6 is 0 Å². The molecule has 0 spiro atoms. The summed E-state index contributed by atoms with van der Waals surface area (Å²) in [5.74, 6) is -0.272. The maximum atomic E-state index is 12.2. The molecule has 4 aliphatic rings. The molecule has 2 amide bonds. The Hall–Kier alpha value is -3.59. The van der Waals surface area contributed by atoms with Crippen molar-refractivity contribution in [3.8, 4) is 0 Å². The quantitative estimate of drug-likeness (QED) is 0.406. The van der Waals surface area contributed by atoms with Gasteiger partial charge in [0, 0.05) is 34.8 Å². The molecule has 2 fully saturated rings. The van der Waals surface area contributed by atoms with E-state index in [-0.39, 0.29) is 18.4 Å². The lowest BCUT2D eigenvalue weighted by Crippen LogP contribution is -2.42. The van der Waals surface area contributed by atoms with Crippen LogP contribution in [0.15, 0.2) is 36.4 Å². The summed E-state index contributed by atoms with van der Waals surface area (Å²) >= 11 is 0. The lowest BCUT2D eigenvalue weighted by atomic mass is 9.91.